The number of carbonyl (C=O) groups excluding carboxylic acids is 1. The maximum atomic E-state index is 13.4. The standard InChI is InChI=1S/C25H22F2N2O5/c1-4-15(12-16(5-2)22(30)31)21-14(3)6-9-20(28-21)29-23(32)24(10-11-24)17-7-8-18-19(13-17)34-25(26,27)33-18/h4-9,12-13H,2,10-11H2,1,3H3,(H,30,31)(H,28,29,32)/b15-4+,16-12+. The first-order chi connectivity index (χ1) is 16.1. The van der Waals surface area contributed by atoms with Gasteiger partial charge in [0.1, 0.15) is 5.82 Å². The molecule has 176 valence electrons. The number of nitrogens with one attached hydrogen (secondary N) is 1. The maximum Gasteiger partial charge on any atom is 0.586 e. The number of anilines is 1. The Morgan fingerprint density at radius 2 is 1.88 bits per heavy atom. The summed E-state index contributed by atoms with van der Waals surface area (Å²) in [5, 5.41) is 12.1. The fraction of sp³-hybridized carbons (Fsp3) is 0.240. The molecule has 0 saturated heterocycles. The topological polar surface area (TPSA) is 97.8 Å². The number of hydrogen-bond acceptors (Lipinski definition) is 5. The van der Waals surface area contributed by atoms with E-state index < -0.39 is 17.7 Å². The van der Waals surface area contributed by atoms with Crippen LogP contribution < -0.4 is 14.8 Å². The van der Waals surface area contributed by atoms with E-state index in [1.165, 1.54) is 24.3 Å². The molecule has 1 amide bonds. The second-order valence-electron chi connectivity index (χ2n) is 8.08. The Balaban J connectivity index is 1.59. The van der Waals surface area contributed by atoms with Crippen molar-refractivity contribution < 1.29 is 33.0 Å². The van der Waals surface area contributed by atoms with Gasteiger partial charge < -0.3 is 19.9 Å². The smallest absolute Gasteiger partial charge is 0.478 e. The third kappa shape index (κ3) is 4.28. The quantitative estimate of drug-likeness (QED) is 0.439. The van der Waals surface area contributed by atoms with Crippen LogP contribution in [0.15, 0.2) is 60.7 Å². The highest BCUT2D eigenvalue weighted by atomic mass is 19.3. The number of carboxylic acids is 1. The van der Waals surface area contributed by atoms with Crippen molar-refractivity contribution in [1.29, 1.82) is 0 Å². The summed E-state index contributed by atoms with van der Waals surface area (Å²) in [6, 6.07) is 7.77. The van der Waals surface area contributed by atoms with E-state index in [-0.39, 0.29) is 28.8 Å². The number of rotatable bonds is 7. The van der Waals surface area contributed by atoms with Gasteiger partial charge in [-0.2, -0.15) is 0 Å². The van der Waals surface area contributed by atoms with Gasteiger partial charge in [-0.3, -0.25) is 4.79 Å². The van der Waals surface area contributed by atoms with E-state index in [1.54, 1.807) is 31.2 Å². The molecule has 4 rings (SSSR count). The number of nitrogens with zero attached hydrogens (tertiary/aromatic N) is 1. The number of benzene rings is 1. The van der Waals surface area contributed by atoms with Crippen LogP contribution in [0.5, 0.6) is 11.5 Å². The summed E-state index contributed by atoms with van der Waals surface area (Å²) in [5.74, 6) is -1.35. The van der Waals surface area contributed by atoms with Gasteiger partial charge in [0.25, 0.3) is 0 Å². The number of allylic oxidation sites excluding steroid dienone is 3. The van der Waals surface area contributed by atoms with Crippen molar-refractivity contribution in [3.05, 3.63) is 77.5 Å². The van der Waals surface area contributed by atoms with Crippen molar-refractivity contribution in [2.75, 3.05) is 5.32 Å². The molecule has 1 saturated carbocycles. The summed E-state index contributed by atoms with van der Waals surface area (Å²) in [4.78, 5) is 29.1. The second-order valence-corrected chi connectivity index (χ2v) is 8.08. The van der Waals surface area contributed by atoms with Crippen molar-refractivity contribution in [3.63, 3.8) is 0 Å². The van der Waals surface area contributed by atoms with Gasteiger partial charge in [-0.05, 0) is 67.7 Å². The average molecular weight is 468 g/mol. The molecule has 2 heterocycles. The molecular weight excluding hydrogens is 446 g/mol. The summed E-state index contributed by atoms with van der Waals surface area (Å²) < 4.78 is 35.7. The van der Waals surface area contributed by atoms with Gasteiger partial charge in [0.15, 0.2) is 11.5 Å². The maximum absolute atomic E-state index is 13.4. The highest BCUT2D eigenvalue weighted by molar-refractivity contribution is 6.01. The molecule has 1 aromatic heterocycles. The van der Waals surface area contributed by atoms with Crippen molar-refractivity contribution >= 4 is 23.3 Å². The van der Waals surface area contributed by atoms with E-state index >= 15 is 0 Å². The van der Waals surface area contributed by atoms with Gasteiger partial charge in [-0.25, -0.2) is 9.78 Å². The van der Waals surface area contributed by atoms with Crippen LogP contribution in [0, 0.1) is 6.92 Å². The van der Waals surface area contributed by atoms with Gasteiger partial charge in [0, 0.05) is 0 Å². The summed E-state index contributed by atoms with van der Waals surface area (Å²) >= 11 is 0. The van der Waals surface area contributed by atoms with Gasteiger partial charge in [-0.15, -0.1) is 8.78 Å². The number of hydrogen-bond donors (Lipinski definition) is 2. The lowest BCUT2D eigenvalue weighted by molar-refractivity contribution is -0.286. The Hall–Kier alpha value is -4.01. The van der Waals surface area contributed by atoms with E-state index in [0.717, 1.165) is 5.56 Å². The number of amides is 1. The van der Waals surface area contributed by atoms with E-state index in [2.05, 4.69) is 26.4 Å². The number of pyridine rings is 1. The van der Waals surface area contributed by atoms with E-state index in [9.17, 15) is 23.5 Å². The van der Waals surface area contributed by atoms with Crippen LogP contribution in [-0.4, -0.2) is 28.3 Å². The SMILES string of the molecule is C=C/C(=C\C(=C/C)c1nc(NC(=O)C2(c3ccc4c(c3)OC(F)(F)O4)CC2)ccc1C)C(=O)O. The van der Waals surface area contributed by atoms with Crippen molar-refractivity contribution in [2.24, 2.45) is 0 Å². The fourth-order valence-electron chi connectivity index (χ4n) is 3.81. The third-order valence-electron chi connectivity index (χ3n) is 5.84. The highest BCUT2D eigenvalue weighted by Gasteiger charge is 2.53. The first-order valence-electron chi connectivity index (χ1n) is 10.5. The Morgan fingerprint density at radius 3 is 2.50 bits per heavy atom. The van der Waals surface area contributed by atoms with Crippen LogP contribution in [0.25, 0.3) is 5.57 Å². The predicted molar refractivity (Wildman–Crippen MR) is 121 cm³/mol. The Labute approximate surface area is 194 Å². The molecule has 0 bridgehead atoms. The zero-order chi connectivity index (χ0) is 24.7. The van der Waals surface area contributed by atoms with Gasteiger partial charge in [-0.1, -0.05) is 30.9 Å². The number of carbonyl (C=O) groups is 2. The van der Waals surface area contributed by atoms with Crippen molar-refractivity contribution in [3.8, 4) is 11.5 Å². The summed E-state index contributed by atoms with van der Waals surface area (Å²) in [6.45, 7) is 7.10. The lowest BCUT2D eigenvalue weighted by atomic mass is 9.94. The van der Waals surface area contributed by atoms with Crippen LogP contribution in [-0.2, 0) is 15.0 Å². The van der Waals surface area contributed by atoms with Crippen LogP contribution in [0.1, 0.15) is 36.6 Å². The molecule has 7 nitrogen and oxygen atoms in total. The Kier molecular flexibility index (Phi) is 5.72. The first kappa shape index (κ1) is 23.2. The average Bonchev–Trinajstić information content (AvgIpc) is 3.53. The summed E-state index contributed by atoms with van der Waals surface area (Å²) in [6.07, 6.45) is 1.77. The lowest BCUT2D eigenvalue weighted by Crippen LogP contribution is -2.28. The van der Waals surface area contributed by atoms with Crippen LogP contribution in [0.4, 0.5) is 14.6 Å². The Morgan fingerprint density at radius 1 is 1.18 bits per heavy atom. The van der Waals surface area contributed by atoms with Gasteiger partial charge in [0.2, 0.25) is 5.91 Å². The normalized spacial score (nSPS) is 17.8. The zero-order valence-corrected chi connectivity index (χ0v) is 18.5. The molecule has 34 heavy (non-hydrogen) atoms. The molecule has 9 heteroatoms. The van der Waals surface area contributed by atoms with E-state index in [1.807, 2.05) is 6.92 Å². The monoisotopic (exact) mass is 468 g/mol. The van der Waals surface area contributed by atoms with Crippen molar-refractivity contribution in [2.45, 2.75) is 38.4 Å². The number of carboxylic acid groups (broad SMARTS) is 1. The number of fused-ring (bicyclic) bond motifs is 1. The largest absolute Gasteiger partial charge is 0.586 e. The van der Waals surface area contributed by atoms with Crippen LogP contribution in [0.3, 0.4) is 0 Å². The number of alkyl halides is 2. The van der Waals surface area contributed by atoms with Gasteiger partial charge in [0.05, 0.1) is 16.7 Å². The zero-order valence-electron chi connectivity index (χ0n) is 18.5. The molecule has 1 aromatic carbocycles. The molecule has 2 N–H and O–H groups in total. The number of aryl methyl sites for hydroxylation is 1. The van der Waals surface area contributed by atoms with Crippen LogP contribution >= 0.6 is 0 Å². The fourth-order valence-corrected chi connectivity index (χ4v) is 3.81. The predicted octanol–water partition coefficient (Wildman–Crippen LogP) is 4.98. The minimum Gasteiger partial charge on any atom is -0.478 e. The first-order valence-corrected chi connectivity index (χ1v) is 10.5. The minimum atomic E-state index is -3.73. The molecule has 1 aliphatic heterocycles. The van der Waals surface area contributed by atoms with Crippen LogP contribution in [0.2, 0.25) is 0 Å². The number of ether oxygens (including phenoxy) is 2. The molecule has 2 aliphatic rings. The third-order valence-corrected chi connectivity index (χ3v) is 5.84. The molecule has 0 unspecified atom stereocenters. The molecule has 0 spiro atoms. The van der Waals surface area contributed by atoms with Crippen molar-refractivity contribution in [1.82, 2.24) is 4.98 Å². The number of aliphatic carboxylic acids is 1. The molecule has 0 atom stereocenters. The molecule has 1 fully saturated rings. The van der Waals surface area contributed by atoms with E-state index in [4.69, 9.17) is 0 Å². The second kappa shape index (κ2) is 8.40. The molecular formula is C25H22F2N2O5. The number of halogens is 2. The van der Waals surface area contributed by atoms with E-state index in [0.29, 0.717) is 29.7 Å². The minimum absolute atomic E-state index is 0.00839. The van der Waals surface area contributed by atoms with Gasteiger partial charge >= 0.3 is 12.3 Å². The highest BCUT2D eigenvalue weighted by Crippen LogP contribution is 2.52. The molecule has 1 aliphatic carbocycles. The number of aromatic nitrogens is 1. The summed E-state index contributed by atoms with van der Waals surface area (Å²) in [7, 11) is 0. The lowest BCUT2D eigenvalue weighted by Gasteiger charge is -2.17. The Bertz CT molecular complexity index is 1260. The molecule has 0 radical (unpaired) electrons. The summed E-state index contributed by atoms with van der Waals surface area (Å²) in [5.41, 5.74) is 1.53. The molecule has 2 aromatic rings.